The van der Waals surface area contributed by atoms with Crippen LogP contribution in [0.3, 0.4) is 0 Å². The fourth-order valence-electron chi connectivity index (χ4n) is 1.53. The van der Waals surface area contributed by atoms with E-state index in [1.54, 1.807) is 14.2 Å². The summed E-state index contributed by atoms with van der Waals surface area (Å²) < 4.78 is 11.7. The minimum absolute atomic E-state index is 0.159. The predicted octanol–water partition coefficient (Wildman–Crippen LogP) is 2.04. The molecule has 2 aromatic rings. The van der Waals surface area contributed by atoms with Crippen LogP contribution >= 0.6 is 0 Å². The summed E-state index contributed by atoms with van der Waals surface area (Å²) in [7, 11) is 3.28. The Morgan fingerprint density at radius 3 is 2.42 bits per heavy atom. The Labute approximate surface area is 119 Å². The summed E-state index contributed by atoms with van der Waals surface area (Å²) in [6.45, 7) is 0. The molecular formula is C16H14O2Se. The Morgan fingerprint density at radius 2 is 1.74 bits per heavy atom. The first-order valence-electron chi connectivity index (χ1n) is 5.78. The van der Waals surface area contributed by atoms with E-state index < -0.39 is 0 Å². The van der Waals surface area contributed by atoms with Crippen LogP contribution < -0.4 is 13.9 Å². The van der Waals surface area contributed by atoms with E-state index in [-0.39, 0.29) is 15.0 Å². The van der Waals surface area contributed by atoms with Crippen LogP contribution in [0.15, 0.2) is 48.5 Å². The van der Waals surface area contributed by atoms with Gasteiger partial charge in [0.25, 0.3) is 0 Å². The number of hydrogen-bond donors (Lipinski definition) is 0. The molecule has 19 heavy (non-hydrogen) atoms. The maximum atomic E-state index is 5.32. The van der Waals surface area contributed by atoms with Gasteiger partial charge >= 0.3 is 119 Å². The van der Waals surface area contributed by atoms with Crippen LogP contribution in [0.25, 0.3) is 0 Å². The van der Waals surface area contributed by atoms with Crippen molar-refractivity contribution in [1.82, 2.24) is 0 Å². The molecule has 0 heterocycles. The average molecular weight is 317 g/mol. The molecule has 2 nitrogen and oxygen atoms in total. The molecule has 0 bridgehead atoms. The van der Waals surface area contributed by atoms with E-state index in [2.05, 4.69) is 22.9 Å². The van der Waals surface area contributed by atoms with E-state index in [9.17, 15) is 0 Å². The molecule has 3 heteroatoms. The molecule has 2 aromatic carbocycles. The quantitative estimate of drug-likeness (QED) is 0.637. The van der Waals surface area contributed by atoms with Crippen molar-refractivity contribution in [2.45, 2.75) is 0 Å². The second-order valence-electron chi connectivity index (χ2n) is 3.71. The molecule has 0 saturated carbocycles. The molecule has 0 radical (unpaired) electrons. The summed E-state index contributed by atoms with van der Waals surface area (Å²) in [4.78, 5) is 3.22. The van der Waals surface area contributed by atoms with Gasteiger partial charge in [0, 0.05) is 0 Å². The SMILES string of the molecule is COc1ccc(C#C[Se]c2ccccc2)c(OC)c1. The molecule has 96 valence electrons. The molecular weight excluding hydrogens is 303 g/mol. The zero-order valence-electron chi connectivity index (χ0n) is 10.8. The van der Waals surface area contributed by atoms with Gasteiger partial charge in [-0.2, -0.15) is 0 Å². The Hall–Kier alpha value is -1.88. The number of ether oxygens (including phenoxy) is 2. The van der Waals surface area contributed by atoms with E-state index in [1.165, 1.54) is 4.46 Å². The van der Waals surface area contributed by atoms with Gasteiger partial charge in [0.05, 0.1) is 0 Å². The van der Waals surface area contributed by atoms with Gasteiger partial charge < -0.3 is 0 Å². The molecule has 0 aliphatic carbocycles. The van der Waals surface area contributed by atoms with Crippen molar-refractivity contribution in [2.24, 2.45) is 0 Å². The Morgan fingerprint density at radius 1 is 0.947 bits per heavy atom. The summed E-state index contributed by atoms with van der Waals surface area (Å²) >= 11 is 0.159. The van der Waals surface area contributed by atoms with Gasteiger partial charge in [0.15, 0.2) is 0 Å². The fourth-order valence-corrected chi connectivity index (χ4v) is 2.73. The molecule has 0 N–H and O–H groups in total. The Kier molecular flexibility index (Phi) is 4.92. The van der Waals surface area contributed by atoms with E-state index in [4.69, 9.17) is 9.47 Å². The van der Waals surface area contributed by atoms with E-state index in [0.717, 1.165) is 17.1 Å². The first-order chi connectivity index (χ1) is 9.33. The van der Waals surface area contributed by atoms with Crippen molar-refractivity contribution in [3.8, 4) is 22.2 Å². The van der Waals surface area contributed by atoms with Crippen LogP contribution in [0.1, 0.15) is 5.56 Å². The zero-order chi connectivity index (χ0) is 13.5. The Balaban J connectivity index is 2.15. The van der Waals surface area contributed by atoms with E-state index >= 15 is 0 Å². The van der Waals surface area contributed by atoms with Crippen molar-refractivity contribution in [3.05, 3.63) is 54.1 Å². The maximum absolute atomic E-state index is 5.32. The monoisotopic (exact) mass is 318 g/mol. The van der Waals surface area contributed by atoms with Crippen molar-refractivity contribution >= 4 is 19.4 Å². The molecule has 0 aliphatic rings. The third kappa shape index (κ3) is 3.79. The summed E-state index contributed by atoms with van der Waals surface area (Å²) in [6, 6.07) is 15.9. The molecule has 2 rings (SSSR count). The first-order valence-corrected chi connectivity index (χ1v) is 7.49. The van der Waals surface area contributed by atoms with Crippen LogP contribution in [0, 0.1) is 10.7 Å². The van der Waals surface area contributed by atoms with Gasteiger partial charge in [-0.1, -0.05) is 0 Å². The molecule has 0 unspecified atom stereocenters. The second-order valence-corrected chi connectivity index (χ2v) is 5.55. The molecule has 0 spiro atoms. The average Bonchev–Trinajstić information content (AvgIpc) is 2.48. The van der Waals surface area contributed by atoms with Crippen LogP contribution in [-0.2, 0) is 0 Å². The Bertz CT molecular complexity index is 597. The number of rotatable bonds is 3. The summed E-state index contributed by atoms with van der Waals surface area (Å²) in [6.07, 6.45) is 0. The van der Waals surface area contributed by atoms with Gasteiger partial charge in [0.2, 0.25) is 0 Å². The fraction of sp³-hybridized carbons (Fsp3) is 0.125. The van der Waals surface area contributed by atoms with Gasteiger partial charge in [-0.05, 0) is 0 Å². The zero-order valence-corrected chi connectivity index (χ0v) is 12.6. The summed E-state index contributed by atoms with van der Waals surface area (Å²) in [5.74, 6) is 4.68. The summed E-state index contributed by atoms with van der Waals surface area (Å²) in [5.41, 5.74) is 0.890. The van der Waals surface area contributed by atoms with Crippen molar-refractivity contribution in [1.29, 1.82) is 0 Å². The molecule has 0 amide bonds. The third-order valence-electron chi connectivity index (χ3n) is 2.51. The molecule has 0 aromatic heterocycles. The molecule has 0 atom stereocenters. The molecule has 0 aliphatic heterocycles. The molecule has 0 fully saturated rings. The van der Waals surface area contributed by atoms with Crippen LogP contribution in [-0.4, -0.2) is 29.2 Å². The standard InChI is InChI=1S/C16H14O2Se/c1-17-14-9-8-13(16(12-14)18-2)10-11-19-15-6-4-3-5-7-15/h3-9,12H,1-2H3. The van der Waals surface area contributed by atoms with Crippen LogP contribution in [0.2, 0.25) is 0 Å². The predicted molar refractivity (Wildman–Crippen MR) is 78.3 cm³/mol. The van der Waals surface area contributed by atoms with Gasteiger partial charge in [0.1, 0.15) is 0 Å². The van der Waals surface area contributed by atoms with Crippen molar-refractivity contribution in [3.63, 3.8) is 0 Å². The van der Waals surface area contributed by atoms with Gasteiger partial charge in [-0.3, -0.25) is 0 Å². The third-order valence-corrected chi connectivity index (χ3v) is 4.00. The van der Waals surface area contributed by atoms with Gasteiger partial charge in [-0.15, -0.1) is 0 Å². The van der Waals surface area contributed by atoms with Crippen LogP contribution in [0.4, 0.5) is 0 Å². The van der Waals surface area contributed by atoms with Gasteiger partial charge in [-0.25, -0.2) is 0 Å². The number of methoxy groups -OCH3 is 2. The topological polar surface area (TPSA) is 18.5 Å². The van der Waals surface area contributed by atoms with Crippen LogP contribution in [0.5, 0.6) is 11.5 Å². The number of benzene rings is 2. The molecule has 0 saturated heterocycles. The van der Waals surface area contributed by atoms with E-state index in [1.807, 2.05) is 36.4 Å². The van der Waals surface area contributed by atoms with Crippen molar-refractivity contribution < 1.29 is 9.47 Å². The van der Waals surface area contributed by atoms with Crippen molar-refractivity contribution in [2.75, 3.05) is 14.2 Å². The second kappa shape index (κ2) is 6.89. The van der Waals surface area contributed by atoms with E-state index in [0.29, 0.717) is 0 Å². The first kappa shape index (κ1) is 13.5. The number of hydrogen-bond acceptors (Lipinski definition) is 2. The summed E-state index contributed by atoms with van der Waals surface area (Å²) in [5, 5.41) is 0. The minimum atomic E-state index is 0.159. The normalized spacial score (nSPS) is 9.37.